The molecule has 0 heterocycles. The second-order valence-electron chi connectivity index (χ2n) is 19.0. The zero-order chi connectivity index (χ0) is 36.9. The summed E-state index contributed by atoms with van der Waals surface area (Å²) in [6.45, 7) is 19.7. The molecule has 5 fully saturated rings. The van der Waals surface area contributed by atoms with Crippen LogP contribution in [0.3, 0.4) is 0 Å². The van der Waals surface area contributed by atoms with Crippen molar-refractivity contribution in [2.24, 2.45) is 62.4 Å². The molecule has 11 atom stereocenters. The number of carbonyl (C=O) groups is 3. The van der Waals surface area contributed by atoms with Crippen molar-refractivity contribution >= 4 is 17.8 Å². The van der Waals surface area contributed by atoms with Crippen molar-refractivity contribution in [2.75, 3.05) is 13.1 Å². The SMILES string of the molecule is C=C(C)[C@@H]1CC[C@]2(C(=O)N(CCCCCCCN)C(=O)[C@H](O)CCC(=O)O)CC[C@]3(C)[C@H](CC[C@H]4[C@@]5(C)CC[C@H](O)C(C)(C)[C@@H]5CC[C@]43C)[C@@H]12. The molecule has 0 saturated heterocycles. The Morgan fingerprint density at radius 1 is 0.840 bits per heavy atom. The van der Waals surface area contributed by atoms with E-state index < -0.39 is 23.4 Å². The number of aliphatic hydroxyl groups excluding tert-OH is 2. The Morgan fingerprint density at radius 3 is 2.18 bits per heavy atom. The minimum atomic E-state index is -1.52. The number of allylic oxidation sites excluding steroid dienone is 1. The van der Waals surface area contributed by atoms with Gasteiger partial charge >= 0.3 is 5.97 Å². The number of imide groups is 1. The molecule has 0 unspecified atom stereocenters. The van der Waals surface area contributed by atoms with Gasteiger partial charge in [0.1, 0.15) is 6.10 Å². The number of amides is 2. The molecule has 5 aliphatic carbocycles. The molecule has 0 aromatic rings. The highest BCUT2D eigenvalue weighted by molar-refractivity contribution is 6.00. The summed E-state index contributed by atoms with van der Waals surface area (Å²) in [5, 5.41) is 31.3. The van der Waals surface area contributed by atoms with E-state index in [1.54, 1.807) is 0 Å². The fraction of sp³-hybridized carbons (Fsp3) is 0.881. The number of nitrogens with zero attached hydrogens (tertiary/aromatic N) is 1. The van der Waals surface area contributed by atoms with Crippen LogP contribution in [-0.2, 0) is 14.4 Å². The van der Waals surface area contributed by atoms with E-state index in [2.05, 4.69) is 48.1 Å². The summed E-state index contributed by atoms with van der Waals surface area (Å²) < 4.78 is 0. The van der Waals surface area contributed by atoms with E-state index >= 15 is 4.79 Å². The lowest BCUT2D eigenvalue weighted by Crippen LogP contribution is -2.67. The number of nitrogens with two attached hydrogens (primary N) is 1. The van der Waals surface area contributed by atoms with Crippen molar-refractivity contribution < 1.29 is 29.7 Å². The van der Waals surface area contributed by atoms with Crippen molar-refractivity contribution in [1.82, 2.24) is 4.90 Å². The molecular formula is C42H70N2O6. The Kier molecular flexibility index (Phi) is 11.5. The monoisotopic (exact) mass is 699 g/mol. The molecule has 0 radical (unpaired) electrons. The average Bonchev–Trinajstić information content (AvgIpc) is 3.46. The number of fused-ring (bicyclic) bond motifs is 7. The van der Waals surface area contributed by atoms with E-state index in [1.807, 2.05) is 0 Å². The minimum absolute atomic E-state index is 0.0232. The van der Waals surface area contributed by atoms with Crippen LogP contribution in [-0.4, -0.2) is 63.3 Å². The van der Waals surface area contributed by atoms with Gasteiger partial charge in [0.15, 0.2) is 0 Å². The van der Waals surface area contributed by atoms with Gasteiger partial charge in [0.2, 0.25) is 5.91 Å². The number of hydrogen-bond donors (Lipinski definition) is 4. The van der Waals surface area contributed by atoms with Crippen molar-refractivity contribution in [3.8, 4) is 0 Å². The summed E-state index contributed by atoms with van der Waals surface area (Å²) in [6.07, 6.45) is 11.8. The van der Waals surface area contributed by atoms with Crippen LogP contribution >= 0.6 is 0 Å². The first-order chi connectivity index (χ1) is 23.4. The highest BCUT2D eigenvalue weighted by atomic mass is 16.4. The maximum absolute atomic E-state index is 15.2. The summed E-state index contributed by atoms with van der Waals surface area (Å²) >= 11 is 0. The van der Waals surface area contributed by atoms with Crippen molar-refractivity contribution in [1.29, 1.82) is 0 Å². The molecule has 8 nitrogen and oxygen atoms in total. The van der Waals surface area contributed by atoms with Gasteiger partial charge in [-0.3, -0.25) is 19.3 Å². The highest BCUT2D eigenvalue weighted by Crippen LogP contribution is 2.77. The molecule has 0 spiro atoms. The molecule has 5 N–H and O–H groups in total. The number of aliphatic hydroxyl groups is 2. The second-order valence-corrected chi connectivity index (χ2v) is 19.0. The van der Waals surface area contributed by atoms with E-state index in [-0.39, 0.29) is 64.9 Å². The Morgan fingerprint density at radius 2 is 1.52 bits per heavy atom. The maximum atomic E-state index is 15.2. The summed E-state index contributed by atoms with van der Waals surface area (Å²) in [6, 6.07) is 0. The van der Waals surface area contributed by atoms with Gasteiger partial charge in [-0.25, -0.2) is 0 Å². The lowest BCUT2D eigenvalue weighted by atomic mass is 9.32. The van der Waals surface area contributed by atoms with Crippen LogP contribution in [0, 0.1) is 56.7 Å². The molecule has 2 amide bonds. The number of rotatable bonds is 13. The Hall–Kier alpha value is -1.77. The molecule has 284 valence electrons. The van der Waals surface area contributed by atoms with Gasteiger partial charge in [-0.1, -0.05) is 66.0 Å². The van der Waals surface area contributed by atoms with Gasteiger partial charge in [0, 0.05) is 13.0 Å². The van der Waals surface area contributed by atoms with E-state index in [0.717, 1.165) is 95.5 Å². The first-order valence-electron chi connectivity index (χ1n) is 20.2. The van der Waals surface area contributed by atoms with Crippen LogP contribution in [0.15, 0.2) is 12.2 Å². The van der Waals surface area contributed by atoms with Crippen LogP contribution < -0.4 is 5.73 Å². The zero-order valence-electron chi connectivity index (χ0n) is 32.3. The van der Waals surface area contributed by atoms with Crippen LogP contribution in [0.1, 0.15) is 151 Å². The third kappa shape index (κ3) is 6.33. The van der Waals surface area contributed by atoms with Gasteiger partial charge < -0.3 is 21.1 Å². The molecule has 0 aromatic heterocycles. The zero-order valence-corrected chi connectivity index (χ0v) is 32.3. The Balaban J connectivity index is 1.48. The van der Waals surface area contributed by atoms with E-state index in [1.165, 1.54) is 4.90 Å². The molecule has 0 bridgehead atoms. The Bertz CT molecular complexity index is 1300. The predicted octanol–water partition coefficient (Wildman–Crippen LogP) is 7.50. The van der Waals surface area contributed by atoms with Crippen LogP contribution in [0.2, 0.25) is 0 Å². The fourth-order valence-electron chi connectivity index (χ4n) is 13.6. The van der Waals surface area contributed by atoms with Crippen LogP contribution in [0.5, 0.6) is 0 Å². The number of hydrogen-bond acceptors (Lipinski definition) is 6. The number of aliphatic carboxylic acids is 1. The highest BCUT2D eigenvalue weighted by Gasteiger charge is 2.72. The van der Waals surface area contributed by atoms with Crippen molar-refractivity contribution in [2.45, 2.75) is 163 Å². The summed E-state index contributed by atoms with van der Waals surface area (Å²) in [5.74, 6) is -0.212. The van der Waals surface area contributed by atoms with Gasteiger partial charge in [-0.15, -0.1) is 0 Å². The molecule has 50 heavy (non-hydrogen) atoms. The van der Waals surface area contributed by atoms with E-state index in [9.17, 15) is 24.9 Å². The molecule has 5 aliphatic rings. The Labute approximate surface area is 302 Å². The summed E-state index contributed by atoms with van der Waals surface area (Å²) in [7, 11) is 0. The van der Waals surface area contributed by atoms with Gasteiger partial charge in [-0.2, -0.15) is 0 Å². The van der Waals surface area contributed by atoms with Crippen LogP contribution in [0.25, 0.3) is 0 Å². The molecular weight excluding hydrogens is 628 g/mol. The normalized spacial score (nSPS) is 40.8. The molecule has 5 rings (SSSR count). The standard InChI is InChI=1S/C42H70N2O6/c1-27(2)28-17-22-42(37(50)44(26-12-10-8-9-11-25-43)36(49)30(45)14-16-34(47)48)24-23-40(6)29(35(28)42)13-15-32-39(5)20-19-33(46)38(3,4)31(39)18-21-41(32,40)7/h28-33,35,45-46H,1,8-26,43H2,2-7H3,(H,47,48)/t28-,29+,30+,31-,32-,33-,35+,39-,40+,41+,42-/m0/s1. The first kappa shape index (κ1) is 39.4. The molecule has 0 aliphatic heterocycles. The quantitative estimate of drug-likeness (QED) is 0.115. The smallest absolute Gasteiger partial charge is 0.303 e. The lowest BCUT2D eigenvalue weighted by Gasteiger charge is -2.72. The maximum Gasteiger partial charge on any atom is 0.303 e. The fourth-order valence-corrected chi connectivity index (χ4v) is 13.6. The lowest BCUT2D eigenvalue weighted by molar-refractivity contribution is -0.247. The van der Waals surface area contributed by atoms with Crippen molar-refractivity contribution in [3.05, 3.63) is 12.2 Å². The predicted molar refractivity (Wildman–Crippen MR) is 197 cm³/mol. The third-order valence-corrected chi connectivity index (χ3v) is 16.5. The minimum Gasteiger partial charge on any atom is -0.481 e. The molecule has 0 aromatic carbocycles. The van der Waals surface area contributed by atoms with Gasteiger partial charge in [0.25, 0.3) is 5.91 Å². The first-order valence-corrected chi connectivity index (χ1v) is 20.2. The number of carboxylic acids is 1. The van der Waals surface area contributed by atoms with Gasteiger partial charge in [-0.05, 0) is 148 Å². The van der Waals surface area contributed by atoms with Gasteiger partial charge in [0.05, 0.1) is 11.5 Å². The van der Waals surface area contributed by atoms with Crippen molar-refractivity contribution in [3.63, 3.8) is 0 Å². The summed E-state index contributed by atoms with van der Waals surface area (Å²) in [4.78, 5) is 41.8. The number of carbonyl (C=O) groups excluding carboxylic acids is 2. The summed E-state index contributed by atoms with van der Waals surface area (Å²) in [5.41, 5.74) is 6.30. The number of carboxylic acid groups (broad SMARTS) is 1. The second kappa shape index (κ2) is 14.6. The van der Waals surface area contributed by atoms with Crippen LogP contribution in [0.4, 0.5) is 0 Å². The third-order valence-electron chi connectivity index (χ3n) is 16.5. The van der Waals surface area contributed by atoms with E-state index in [0.29, 0.717) is 30.7 Å². The average molecular weight is 699 g/mol. The number of unbranched alkanes of at least 4 members (excludes halogenated alkanes) is 4. The van der Waals surface area contributed by atoms with E-state index in [4.69, 9.17) is 5.73 Å². The topological polar surface area (TPSA) is 141 Å². The molecule has 5 saturated carbocycles. The largest absolute Gasteiger partial charge is 0.481 e. The molecule has 8 heteroatoms.